The first kappa shape index (κ1) is 17.1. The van der Waals surface area contributed by atoms with E-state index in [0.717, 1.165) is 5.56 Å². The van der Waals surface area contributed by atoms with Crippen LogP contribution in [0.1, 0.15) is 11.4 Å². The SMILES string of the molecule is Cc1noc(-c2ccc(SCC(=O)Nc3cc(F)ccc3C)nc2)n1. The van der Waals surface area contributed by atoms with Crippen molar-refractivity contribution in [2.75, 3.05) is 11.1 Å². The lowest BCUT2D eigenvalue weighted by Gasteiger charge is -2.08. The average Bonchev–Trinajstić information content (AvgIpc) is 3.03. The van der Waals surface area contributed by atoms with Gasteiger partial charge in [0.05, 0.1) is 16.3 Å². The van der Waals surface area contributed by atoms with Crippen molar-refractivity contribution in [1.29, 1.82) is 0 Å². The van der Waals surface area contributed by atoms with E-state index < -0.39 is 0 Å². The van der Waals surface area contributed by atoms with Crippen molar-refractivity contribution < 1.29 is 13.7 Å². The third kappa shape index (κ3) is 4.42. The van der Waals surface area contributed by atoms with Crippen LogP contribution in [0.25, 0.3) is 11.5 Å². The van der Waals surface area contributed by atoms with Crippen molar-refractivity contribution in [3.8, 4) is 11.5 Å². The number of nitrogens with one attached hydrogen (secondary N) is 1. The van der Waals surface area contributed by atoms with Gasteiger partial charge < -0.3 is 9.84 Å². The van der Waals surface area contributed by atoms with Crippen molar-refractivity contribution in [3.63, 3.8) is 0 Å². The maximum absolute atomic E-state index is 13.2. The predicted molar refractivity (Wildman–Crippen MR) is 92.8 cm³/mol. The van der Waals surface area contributed by atoms with Crippen LogP contribution >= 0.6 is 11.8 Å². The van der Waals surface area contributed by atoms with E-state index in [1.807, 2.05) is 6.92 Å². The molecule has 8 heteroatoms. The molecular formula is C17H15FN4O2S. The van der Waals surface area contributed by atoms with Gasteiger partial charge >= 0.3 is 0 Å². The number of halogens is 1. The van der Waals surface area contributed by atoms with Gasteiger partial charge in [0, 0.05) is 11.9 Å². The molecular weight excluding hydrogens is 343 g/mol. The van der Waals surface area contributed by atoms with Gasteiger partial charge in [-0.05, 0) is 43.7 Å². The van der Waals surface area contributed by atoms with E-state index in [1.54, 1.807) is 31.3 Å². The normalized spacial score (nSPS) is 10.7. The number of anilines is 1. The van der Waals surface area contributed by atoms with Gasteiger partial charge in [0.15, 0.2) is 5.82 Å². The number of pyridine rings is 1. The van der Waals surface area contributed by atoms with E-state index in [-0.39, 0.29) is 17.5 Å². The molecule has 0 aliphatic rings. The Bertz CT molecular complexity index is 896. The standard InChI is InChI=1S/C17H15FN4O2S/c1-10-3-5-13(18)7-14(10)21-15(23)9-25-16-6-4-12(8-19-16)17-20-11(2)22-24-17/h3-8H,9H2,1-2H3,(H,21,23). The molecule has 3 aromatic rings. The van der Waals surface area contributed by atoms with Gasteiger partial charge in [0.1, 0.15) is 5.82 Å². The number of aromatic nitrogens is 3. The summed E-state index contributed by atoms with van der Waals surface area (Å²) in [5.74, 6) is 0.514. The van der Waals surface area contributed by atoms with Crippen LogP contribution in [-0.2, 0) is 4.79 Å². The first-order chi connectivity index (χ1) is 12.0. The van der Waals surface area contributed by atoms with E-state index in [9.17, 15) is 9.18 Å². The molecule has 0 aliphatic heterocycles. The summed E-state index contributed by atoms with van der Waals surface area (Å²) < 4.78 is 18.3. The lowest BCUT2D eigenvalue weighted by molar-refractivity contribution is -0.113. The second kappa shape index (κ2) is 7.43. The summed E-state index contributed by atoms with van der Waals surface area (Å²) in [4.78, 5) is 20.4. The Labute approximate surface area is 147 Å². The molecule has 0 saturated heterocycles. The fourth-order valence-corrected chi connectivity index (χ4v) is 2.70. The van der Waals surface area contributed by atoms with Crippen molar-refractivity contribution in [3.05, 3.63) is 53.7 Å². The highest BCUT2D eigenvalue weighted by Crippen LogP contribution is 2.21. The number of benzene rings is 1. The number of carbonyl (C=O) groups is 1. The first-order valence-electron chi connectivity index (χ1n) is 7.47. The monoisotopic (exact) mass is 358 g/mol. The smallest absolute Gasteiger partial charge is 0.259 e. The minimum absolute atomic E-state index is 0.169. The zero-order valence-corrected chi connectivity index (χ0v) is 14.4. The lowest BCUT2D eigenvalue weighted by atomic mass is 10.2. The first-order valence-corrected chi connectivity index (χ1v) is 8.45. The number of amides is 1. The third-order valence-corrected chi connectivity index (χ3v) is 4.28. The molecule has 2 aromatic heterocycles. The number of hydrogen-bond donors (Lipinski definition) is 1. The maximum atomic E-state index is 13.2. The van der Waals surface area contributed by atoms with Crippen molar-refractivity contribution in [2.45, 2.75) is 18.9 Å². The topological polar surface area (TPSA) is 80.9 Å². The van der Waals surface area contributed by atoms with Crippen LogP contribution in [0.15, 0.2) is 46.1 Å². The quantitative estimate of drug-likeness (QED) is 0.702. The van der Waals surface area contributed by atoms with E-state index in [4.69, 9.17) is 4.52 Å². The zero-order valence-electron chi connectivity index (χ0n) is 13.6. The van der Waals surface area contributed by atoms with E-state index in [1.165, 1.54) is 23.9 Å². The number of aryl methyl sites for hydroxylation is 2. The van der Waals surface area contributed by atoms with Crippen LogP contribution in [0.2, 0.25) is 0 Å². The van der Waals surface area contributed by atoms with Gasteiger partial charge in [-0.1, -0.05) is 23.0 Å². The summed E-state index contributed by atoms with van der Waals surface area (Å²) in [6.45, 7) is 3.55. The highest BCUT2D eigenvalue weighted by atomic mass is 32.2. The van der Waals surface area contributed by atoms with Gasteiger partial charge in [-0.3, -0.25) is 4.79 Å². The van der Waals surface area contributed by atoms with Gasteiger partial charge in [-0.15, -0.1) is 0 Å². The van der Waals surface area contributed by atoms with Gasteiger partial charge in [-0.25, -0.2) is 9.37 Å². The van der Waals surface area contributed by atoms with Crippen LogP contribution in [0.4, 0.5) is 10.1 Å². The second-order valence-corrected chi connectivity index (χ2v) is 6.32. The van der Waals surface area contributed by atoms with Crippen molar-refractivity contribution in [2.24, 2.45) is 0 Å². The molecule has 0 saturated carbocycles. The molecule has 1 aromatic carbocycles. The summed E-state index contributed by atoms with van der Waals surface area (Å²) in [5, 5.41) is 7.12. The van der Waals surface area contributed by atoms with E-state index in [0.29, 0.717) is 28.0 Å². The van der Waals surface area contributed by atoms with E-state index >= 15 is 0 Å². The summed E-state index contributed by atoms with van der Waals surface area (Å²) in [5.41, 5.74) is 1.99. The van der Waals surface area contributed by atoms with E-state index in [2.05, 4.69) is 20.4 Å². The lowest BCUT2D eigenvalue weighted by Crippen LogP contribution is -2.15. The summed E-state index contributed by atoms with van der Waals surface area (Å²) in [6, 6.07) is 7.86. The summed E-state index contributed by atoms with van der Waals surface area (Å²) in [7, 11) is 0. The molecule has 3 rings (SSSR count). The van der Waals surface area contributed by atoms with Gasteiger partial charge in [0.25, 0.3) is 5.89 Å². The number of thioether (sulfide) groups is 1. The molecule has 0 aliphatic carbocycles. The van der Waals surface area contributed by atoms with Crippen LogP contribution < -0.4 is 5.32 Å². The van der Waals surface area contributed by atoms with Crippen LogP contribution in [0.5, 0.6) is 0 Å². The Morgan fingerprint density at radius 2 is 2.12 bits per heavy atom. The fraction of sp³-hybridized carbons (Fsp3) is 0.176. The molecule has 1 N–H and O–H groups in total. The molecule has 2 heterocycles. The molecule has 0 atom stereocenters. The molecule has 0 radical (unpaired) electrons. The average molecular weight is 358 g/mol. The molecule has 25 heavy (non-hydrogen) atoms. The number of rotatable bonds is 5. The van der Waals surface area contributed by atoms with Crippen LogP contribution in [0.3, 0.4) is 0 Å². The van der Waals surface area contributed by atoms with Crippen LogP contribution in [-0.4, -0.2) is 26.8 Å². The van der Waals surface area contributed by atoms with Crippen molar-refractivity contribution in [1.82, 2.24) is 15.1 Å². The second-order valence-electron chi connectivity index (χ2n) is 5.33. The van der Waals surface area contributed by atoms with Crippen molar-refractivity contribution >= 4 is 23.4 Å². The molecule has 0 spiro atoms. The predicted octanol–water partition coefficient (Wildman–Crippen LogP) is 3.62. The molecule has 0 fully saturated rings. The Balaban J connectivity index is 1.58. The highest BCUT2D eigenvalue weighted by Gasteiger charge is 2.09. The van der Waals surface area contributed by atoms with Gasteiger partial charge in [0.2, 0.25) is 5.91 Å². The zero-order chi connectivity index (χ0) is 17.8. The summed E-state index contributed by atoms with van der Waals surface area (Å²) >= 11 is 1.28. The molecule has 0 unspecified atom stereocenters. The Morgan fingerprint density at radius 1 is 1.28 bits per heavy atom. The Hall–Kier alpha value is -2.74. The molecule has 128 valence electrons. The maximum Gasteiger partial charge on any atom is 0.259 e. The molecule has 0 bridgehead atoms. The minimum Gasteiger partial charge on any atom is -0.334 e. The summed E-state index contributed by atoms with van der Waals surface area (Å²) in [6.07, 6.45) is 1.61. The minimum atomic E-state index is -0.387. The number of hydrogen-bond acceptors (Lipinski definition) is 6. The molecule has 6 nitrogen and oxygen atoms in total. The third-order valence-electron chi connectivity index (χ3n) is 3.34. The fourth-order valence-electron chi connectivity index (χ4n) is 2.06. The Kier molecular flexibility index (Phi) is 5.08. The van der Waals surface area contributed by atoms with Gasteiger partial charge in [-0.2, -0.15) is 4.98 Å². The van der Waals surface area contributed by atoms with Crippen LogP contribution in [0, 0.1) is 19.7 Å². The molecule has 1 amide bonds. The highest BCUT2D eigenvalue weighted by molar-refractivity contribution is 7.99. The Morgan fingerprint density at radius 3 is 2.80 bits per heavy atom. The number of nitrogens with zero attached hydrogens (tertiary/aromatic N) is 3. The number of carbonyl (C=O) groups excluding carboxylic acids is 1. The largest absolute Gasteiger partial charge is 0.334 e.